The number of benzene rings is 2. The van der Waals surface area contributed by atoms with Crippen LogP contribution in [-0.2, 0) is 11.3 Å². The van der Waals surface area contributed by atoms with Crippen LogP contribution in [0.1, 0.15) is 28.7 Å². The highest BCUT2D eigenvalue weighted by Crippen LogP contribution is 2.35. The molecule has 1 fully saturated rings. The standard InChI is InChI=1S/C22H25NO/c1-16-7-6-10-22(17(16)2)19-11-20-14-24-15-21(12-19)23(20)13-18-8-4-3-5-9-18/h3-11,20-21H,12-15H2,1-2H3. The van der Waals surface area contributed by atoms with Gasteiger partial charge in [0, 0.05) is 12.6 Å². The zero-order valence-corrected chi connectivity index (χ0v) is 14.5. The van der Waals surface area contributed by atoms with E-state index < -0.39 is 0 Å². The summed E-state index contributed by atoms with van der Waals surface area (Å²) in [6, 6.07) is 18.3. The van der Waals surface area contributed by atoms with Crippen molar-refractivity contribution in [1.29, 1.82) is 0 Å². The summed E-state index contributed by atoms with van der Waals surface area (Å²) in [5.74, 6) is 0. The van der Waals surface area contributed by atoms with Gasteiger partial charge in [0.15, 0.2) is 0 Å². The average Bonchev–Trinajstić information content (AvgIpc) is 2.58. The van der Waals surface area contributed by atoms with Gasteiger partial charge in [-0.1, -0.05) is 54.6 Å². The number of ether oxygens (including phenoxy) is 1. The fraction of sp³-hybridized carbons (Fsp3) is 0.364. The van der Waals surface area contributed by atoms with Gasteiger partial charge in [0.2, 0.25) is 0 Å². The molecule has 0 radical (unpaired) electrons. The summed E-state index contributed by atoms with van der Waals surface area (Å²) in [6.07, 6.45) is 3.52. The van der Waals surface area contributed by atoms with Gasteiger partial charge in [-0.15, -0.1) is 0 Å². The summed E-state index contributed by atoms with van der Waals surface area (Å²) < 4.78 is 5.86. The summed E-state index contributed by atoms with van der Waals surface area (Å²) >= 11 is 0. The van der Waals surface area contributed by atoms with Crippen LogP contribution in [0.3, 0.4) is 0 Å². The molecule has 0 aromatic heterocycles. The highest BCUT2D eigenvalue weighted by molar-refractivity contribution is 5.71. The second-order valence-electron chi connectivity index (χ2n) is 7.06. The largest absolute Gasteiger partial charge is 0.378 e. The molecule has 24 heavy (non-hydrogen) atoms. The van der Waals surface area contributed by atoms with Gasteiger partial charge in [-0.05, 0) is 48.1 Å². The Hall–Kier alpha value is -1.90. The van der Waals surface area contributed by atoms with Gasteiger partial charge in [-0.2, -0.15) is 0 Å². The number of hydrogen-bond donors (Lipinski definition) is 0. The van der Waals surface area contributed by atoms with Crippen LogP contribution in [0, 0.1) is 13.8 Å². The van der Waals surface area contributed by atoms with Crippen molar-refractivity contribution in [3.63, 3.8) is 0 Å². The Morgan fingerprint density at radius 3 is 2.62 bits per heavy atom. The lowest BCUT2D eigenvalue weighted by Gasteiger charge is -2.45. The van der Waals surface area contributed by atoms with Gasteiger partial charge in [-0.25, -0.2) is 0 Å². The molecule has 2 aliphatic heterocycles. The second kappa shape index (κ2) is 6.54. The first kappa shape index (κ1) is 15.6. The molecule has 4 rings (SSSR count). The molecule has 124 valence electrons. The fourth-order valence-corrected chi connectivity index (χ4v) is 4.00. The van der Waals surface area contributed by atoms with Gasteiger partial charge in [0.1, 0.15) is 0 Å². The Morgan fingerprint density at radius 2 is 1.83 bits per heavy atom. The third kappa shape index (κ3) is 2.92. The number of aryl methyl sites for hydroxylation is 1. The Bertz CT molecular complexity index is 750. The Kier molecular flexibility index (Phi) is 4.26. The minimum Gasteiger partial charge on any atom is -0.378 e. The maximum absolute atomic E-state index is 5.86. The third-order valence-electron chi connectivity index (χ3n) is 5.50. The summed E-state index contributed by atoms with van der Waals surface area (Å²) in [5, 5.41) is 0. The molecule has 0 spiro atoms. The molecule has 2 bridgehead atoms. The molecular formula is C22H25NO. The normalized spacial score (nSPS) is 23.8. The molecule has 0 amide bonds. The third-order valence-corrected chi connectivity index (χ3v) is 5.50. The maximum atomic E-state index is 5.86. The fourth-order valence-electron chi connectivity index (χ4n) is 4.00. The van der Waals surface area contributed by atoms with Crippen LogP contribution < -0.4 is 0 Å². The molecule has 2 heteroatoms. The number of hydrogen-bond acceptors (Lipinski definition) is 2. The summed E-state index contributed by atoms with van der Waals surface area (Å²) in [7, 11) is 0. The smallest absolute Gasteiger partial charge is 0.0658 e. The minimum absolute atomic E-state index is 0.382. The van der Waals surface area contributed by atoms with Crippen LogP contribution in [0.2, 0.25) is 0 Å². The Balaban J connectivity index is 1.64. The predicted molar refractivity (Wildman–Crippen MR) is 98.9 cm³/mol. The van der Waals surface area contributed by atoms with E-state index in [2.05, 4.69) is 73.4 Å². The van der Waals surface area contributed by atoms with Crippen molar-refractivity contribution >= 4 is 5.57 Å². The van der Waals surface area contributed by atoms with E-state index in [1.165, 1.54) is 27.8 Å². The van der Waals surface area contributed by atoms with Gasteiger partial charge in [-0.3, -0.25) is 4.90 Å². The van der Waals surface area contributed by atoms with Crippen molar-refractivity contribution < 1.29 is 4.74 Å². The zero-order valence-electron chi connectivity index (χ0n) is 14.5. The van der Waals surface area contributed by atoms with Crippen LogP contribution in [-0.4, -0.2) is 30.2 Å². The highest BCUT2D eigenvalue weighted by atomic mass is 16.5. The van der Waals surface area contributed by atoms with Crippen LogP contribution in [0.5, 0.6) is 0 Å². The maximum Gasteiger partial charge on any atom is 0.0658 e. The van der Waals surface area contributed by atoms with E-state index >= 15 is 0 Å². The quantitative estimate of drug-likeness (QED) is 0.833. The van der Waals surface area contributed by atoms with E-state index in [1.54, 1.807) is 0 Å². The second-order valence-corrected chi connectivity index (χ2v) is 7.06. The summed E-state index contributed by atoms with van der Waals surface area (Å²) in [5.41, 5.74) is 7.10. The van der Waals surface area contributed by atoms with Crippen molar-refractivity contribution in [2.24, 2.45) is 0 Å². The molecule has 2 unspecified atom stereocenters. The van der Waals surface area contributed by atoms with Crippen molar-refractivity contribution in [3.8, 4) is 0 Å². The first-order valence-corrected chi connectivity index (χ1v) is 8.87. The van der Waals surface area contributed by atoms with Crippen molar-refractivity contribution in [2.75, 3.05) is 13.2 Å². The van der Waals surface area contributed by atoms with Crippen LogP contribution in [0.4, 0.5) is 0 Å². The molecule has 0 aliphatic carbocycles. The van der Waals surface area contributed by atoms with E-state index in [4.69, 9.17) is 4.74 Å². The van der Waals surface area contributed by atoms with Gasteiger partial charge >= 0.3 is 0 Å². The lowest BCUT2D eigenvalue weighted by molar-refractivity contribution is -0.0402. The number of fused-ring (bicyclic) bond motifs is 2. The zero-order chi connectivity index (χ0) is 16.5. The van der Waals surface area contributed by atoms with E-state index in [1.807, 2.05) is 0 Å². The van der Waals surface area contributed by atoms with E-state index in [0.717, 1.165) is 26.2 Å². The van der Waals surface area contributed by atoms with E-state index in [-0.39, 0.29) is 0 Å². The van der Waals surface area contributed by atoms with Crippen molar-refractivity contribution in [3.05, 3.63) is 76.9 Å². The summed E-state index contributed by atoms with van der Waals surface area (Å²) in [4.78, 5) is 2.62. The van der Waals surface area contributed by atoms with Gasteiger partial charge in [0.05, 0.1) is 19.3 Å². The van der Waals surface area contributed by atoms with Crippen LogP contribution in [0.25, 0.3) is 5.57 Å². The molecule has 1 saturated heterocycles. The van der Waals surface area contributed by atoms with Crippen molar-refractivity contribution in [2.45, 2.75) is 38.9 Å². The molecule has 2 aromatic carbocycles. The molecule has 0 N–H and O–H groups in total. The van der Waals surface area contributed by atoms with Gasteiger partial charge < -0.3 is 4.74 Å². The lowest BCUT2D eigenvalue weighted by Crippen LogP contribution is -2.53. The number of morpholine rings is 1. The molecule has 2 nitrogen and oxygen atoms in total. The predicted octanol–water partition coefficient (Wildman–Crippen LogP) is 4.36. The van der Waals surface area contributed by atoms with Crippen LogP contribution in [0.15, 0.2) is 54.6 Å². The van der Waals surface area contributed by atoms with Crippen molar-refractivity contribution in [1.82, 2.24) is 4.90 Å². The lowest BCUT2D eigenvalue weighted by atomic mass is 9.86. The molecule has 2 atom stereocenters. The first-order valence-electron chi connectivity index (χ1n) is 8.87. The van der Waals surface area contributed by atoms with Gasteiger partial charge in [0.25, 0.3) is 0 Å². The monoisotopic (exact) mass is 319 g/mol. The number of rotatable bonds is 3. The van der Waals surface area contributed by atoms with E-state index in [9.17, 15) is 0 Å². The molecule has 2 aromatic rings. The minimum atomic E-state index is 0.382. The number of nitrogens with zero attached hydrogens (tertiary/aromatic N) is 1. The molecule has 2 heterocycles. The molecule has 2 aliphatic rings. The van der Waals surface area contributed by atoms with E-state index in [0.29, 0.717) is 12.1 Å². The molecule has 0 saturated carbocycles. The molecular weight excluding hydrogens is 294 g/mol. The first-order chi connectivity index (χ1) is 11.7. The van der Waals surface area contributed by atoms with Crippen LogP contribution >= 0.6 is 0 Å². The summed E-state index contributed by atoms with van der Waals surface area (Å²) in [6.45, 7) is 7.10. The Morgan fingerprint density at radius 1 is 1.00 bits per heavy atom. The topological polar surface area (TPSA) is 12.5 Å². The Labute approximate surface area is 144 Å². The SMILES string of the molecule is Cc1cccc(C2=CC3COCC(C2)N3Cc2ccccc2)c1C. The average molecular weight is 319 g/mol. The highest BCUT2D eigenvalue weighted by Gasteiger charge is 2.35.